The van der Waals surface area contributed by atoms with Crippen LogP contribution >= 0.6 is 0 Å². The van der Waals surface area contributed by atoms with Crippen LogP contribution in [0.5, 0.6) is 5.75 Å². The number of para-hydroxylation sites is 1. The van der Waals surface area contributed by atoms with E-state index >= 15 is 0 Å². The first-order chi connectivity index (χ1) is 5.08. The van der Waals surface area contributed by atoms with Gasteiger partial charge in [0.05, 0.1) is 0 Å². The number of benzene rings is 1. The van der Waals surface area contributed by atoms with Crippen molar-refractivity contribution in [2.24, 2.45) is 0 Å². The molecule has 0 radical (unpaired) electrons. The first-order valence-electron chi connectivity index (χ1n) is 2.74. The van der Waals surface area contributed by atoms with Crippen molar-refractivity contribution < 1.29 is 32.3 Å². The van der Waals surface area contributed by atoms with E-state index in [4.69, 9.17) is 0 Å². The van der Waals surface area contributed by atoms with Gasteiger partial charge in [0.1, 0.15) is 0 Å². The molecule has 1 rings (SSSR count). The van der Waals surface area contributed by atoms with Crippen LogP contribution in [-0.2, 0) is 27.3 Å². The van der Waals surface area contributed by atoms with Crippen LogP contribution in [0, 0.1) is 0 Å². The van der Waals surface area contributed by atoms with E-state index in [1.54, 1.807) is 30.3 Å². The SMILES string of the molecule is O=[S](=O)([Ag])Oc1ccccc1. The van der Waals surface area contributed by atoms with E-state index in [2.05, 4.69) is 23.9 Å². The molecule has 0 saturated heterocycles. The molecular formula is C6H5AgO3S. The fourth-order valence-electron chi connectivity index (χ4n) is 0.584. The van der Waals surface area contributed by atoms with Gasteiger partial charge in [0.15, 0.2) is 0 Å². The summed E-state index contributed by atoms with van der Waals surface area (Å²) in [6.07, 6.45) is 0. The standard InChI is InChI=1S/C6H5O3S.Ag/c7-10(8)9-6-4-2-1-3-5-6;/h1-5H;. The summed E-state index contributed by atoms with van der Waals surface area (Å²) < 4.78 is 25.5. The van der Waals surface area contributed by atoms with Crippen LogP contribution in [0.15, 0.2) is 30.3 Å². The molecule has 0 heterocycles. The van der Waals surface area contributed by atoms with Crippen LogP contribution in [0.2, 0.25) is 0 Å². The van der Waals surface area contributed by atoms with Crippen LogP contribution in [0.4, 0.5) is 0 Å². The first-order valence-corrected chi connectivity index (χ1v) is 5.80. The van der Waals surface area contributed by atoms with Gasteiger partial charge in [-0.15, -0.1) is 0 Å². The second-order valence-electron chi connectivity index (χ2n) is 1.75. The third kappa shape index (κ3) is 3.57. The van der Waals surface area contributed by atoms with Gasteiger partial charge >= 0.3 is 76.0 Å². The second-order valence-corrected chi connectivity index (χ2v) is 4.85. The molecule has 0 N–H and O–H groups in total. The maximum atomic E-state index is 10.5. The molecular weight excluding hydrogens is 260 g/mol. The predicted molar refractivity (Wildman–Crippen MR) is 36.0 cm³/mol. The normalized spacial score (nSPS) is 11.1. The molecule has 3 nitrogen and oxygen atoms in total. The summed E-state index contributed by atoms with van der Waals surface area (Å²) in [4.78, 5) is 0. The summed E-state index contributed by atoms with van der Waals surface area (Å²) in [7, 11) is -3.57. The Labute approximate surface area is 76.0 Å². The zero-order valence-electron chi connectivity index (χ0n) is 5.32. The topological polar surface area (TPSA) is 43.4 Å². The van der Waals surface area contributed by atoms with Crippen molar-refractivity contribution in [3.05, 3.63) is 30.3 Å². The minimum absolute atomic E-state index is 0.295. The first kappa shape index (κ1) is 8.80. The van der Waals surface area contributed by atoms with Gasteiger partial charge in [-0.1, -0.05) is 0 Å². The molecule has 0 amide bonds. The van der Waals surface area contributed by atoms with Crippen LogP contribution in [0.1, 0.15) is 0 Å². The van der Waals surface area contributed by atoms with Crippen molar-refractivity contribution in [1.82, 2.24) is 0 Å². The van der Waals surface area contributed by atoms with Crippen LogP contribution in [-0.4, -0.2) is 8.42 Å². The third-order valence-corrected chi connectivity index (χ3v) is 1.68. The van der Waals surface area contributed by atoms with E-state index in [9.17, 15) is 8.42 Å². The van der Waals surface area contributed by atoms with E-state index in [0.717, 1.165) is 0 Å². The summed E-state index contributed by atoms with van der Waals surface area (Å²) in [5.74, 6) is 0.295. The fraction of sp³-hybridized carbons (Fsp3) is 0. The Morgan fingerprint density at radius 1 is 1.18 bits per heavy atom. The monoisotopic (exact) mass is 264 g/mol. The van der Waals surface area contributed by atoms with Gasteiger partial charge in [0.25, 0.3) is 0 Å². The summed E-state index contributed by atoms with van der Waals surface area (Å²) >= 11 is 2.38. The Hall–Kier alpha value is -0.290. The minimum atomic E-state index is -3.57. The van der Waals surface area contributed by atoms with Gasteiger partial charge < -0.3 is 0 Å². The number of rotatable bonds is 2. The van der Waals surface area contributed by atoms with E-state index in [1.807, 2.05) is 0 Å². The molecule has 0 spiro atoms. The quantitative estimate of drug-likeness (QED) is 0.745. The van der Waals surface area contributed by atoms with Gasteiger partial charge in [-0.2, -0.15) is 0 Å². The van der Waals surface area contributed by atoms with Crippen molar-refractivity contribution in [3.8, 4) is 5.75 Å². The molecule has 0 aromatic heterocycles. The predicted octanol–water partition coefficient (Wildman–Crippen LogP) is 0.857. The van der Waals surface area contributed by atoms with Crippen molar-refractivity contribution in [3.63, 3.8) is 0 Å². The molecule has 0 bridgehead atoms. The molecule has 0 saturated carbocycles. The molecule has 0 aliphatic rings. The Morgan fingerprint density at radius 3 is 2.18 bits per heavy atom. The summed E-state index contributed by atoms with van der Waals surface area (Å²) in [6.45, 7) is 0. The molecule has 0 aliphatic heterocycles. The van der Waals surface area contributed by atoms with Crippen LogP contribution < -0.4 is 4.18 Å². The summed E-state index contributed by atoms with van der Waals surface area (Å²) in [5, 5.41) is 0. The molecule has 5 heteroatoms. The molecule has 64 valence electrons. The van der Waals surface area contributed by atoms with Gasteiger partial charge in [0.2, 0.25) is 0 Å². The van der Waals surface area contributed by atoms with E-state index < -0.39 is 7.58 Å². The van der Waals surface area contributed by atoms with Crippen LogP contribution in [0.25, 0.3) is 0 Å². The zero-order chi connectivity index (χ0) is 8.32. The maximum absolute atomic E-state index is 10.5. The Kier molecular flexibility index (Phi) is 2.72. The second kappa shape index (κ2) is 3.40. The van der Waals surface area contributed by atoms with Crippen molar-refractivity contribution in [2.45, 2.75) is 0 Å². The van der Waals surface area contributed by atoms with E-state index in [1.165, 1.54) is 0 Å². The van der Waals surface area contributed by atoms with Gasteiger partial charge in [-0.05, 0) is 0 Å². The van der Waals surface area contributed by atoms with Gasteiger partial charge in [-0.25, -0.2) is 0 Å². The van der Waals surface area contributed by atoms with Gasteiger partial charge in [0, 0.05) is 0 Å². The molecule has 0 aliphatic carbocycles. The molecule has 1 aromatic rings. The Balaban J connectivity index is 2.82. The average Bonchev–Trinajstić information content (AvgIpc) is 1.85. The summed E-state index contributed by atoms with van der Waals surface area (Å²) in [5.41, 5.74) is 0. The van der Waals surface area contributed by atoms with E-state index in [-0.39, 0.29) is 0 Å². The third-order valence-electron chi connectivity index (χ3n) is 0.933. The van der Waals surface area contributed by atoms with Crippen molar-refractivity contribution in [1.29, 1.82) is 0 Å². The van der Waals surface area contributed by atoms with Crippen molar-refractivity contribution >= 4 is 7.58 Å². The fourth-order valence-corrected chi connectivity index (χ4v) is 1.34. The zero-order valence-corrected chi connectivity index (χ0v) is 7.62. The number of hydrogen-bond donors (Lipinski definition) is 0. The van der Waals surface area contributed by atoms with Crippen molar-refractivity contribution in [2.75, 3.05) is 0 Å². The molecule has 11 heavy (non-hydrogen) atoms. The van der Waals surface area contributed by atoms with Gasteiger partial charge in [-0.3, -0.25) is 0 Å². The summed E-state index contributed by atoms with van der Waals surface area (Å²) in [6, 6.07) is 8.25. The molecule has 1 aromatic carbocycles. The molecule has 0 unspecified atom stereocenters. The van der Waals surface area contributed by atoms with E-state index in [0.29, 0.717) is 5.75 Å². The molecule has 0 atom stereocenters. The Bertz CT molecular complexity index is 319. The molecule has 0 fully saturated rings. The average molecular weight is 265 g/mol. The number of hydrogen-bond acceptors (Lipinski definition) is 3. The van der Waals surface area contributed by atoms with Crippen LogP contribution in [0.3, 0.4) is 0 Å². The Morgan fingerprint density at radius 2 is 1.73 bits per heavy atom.